The van der Waals surface area contributed by atoms with Crippen LogP contribution < -0.4 is 5.32 Å². The van der Waals surface area contributed by atoms with Gasteiger partial charge in [-0.3, -0.25) is 9.59 Å². The summed E-state index contributed by atoms with van der Waals surface area (Å²) < 4.78 is 0. The van der Waals surface area contributed by atoms with E-state index in [2.05, 4.69) is 5.32 Å². The van der Waals surface area contributed by atoms with Crippen LogP contribution in [0.1, 0.15) is 22.8 Å². The van der Waals surface area contributed by atoms with E-state index in [1.54, 1.807) is 25.1 Å². The van der Waals surface area contributed by atoms with Crippen LogP contribution >= 0.6 is 0 Å². The Balaban J connectivity index is 2.23. The van der Waals surface area contributed by atoms with Gasteiger partial charge in [0.05, 0.1) is 12.1 Å². The highest BCUT2D eigenvalue weighted by Crippen LogP contribution is 2.14. The molecule has 1 saturated heterocycles. The Kier molecular flexibility index (Phi) is 4.02. The lowest BCUT2D eigenvalue weighted by Crippen LogP contribution is -2.58. The van der Waals surface area contributed by atoms with Gasteiger partial charge in [0.15, 0.2) is 0 Å². The third kappa shape index (κ3) is 2.79. The lowest BCUT2D eigenvalue weighted by molar-refractivity contribution is -0.144. The highest BCUT2D eigenvalue weighted by molar-refractivity contribution is 5.95. The van der Waals surface area contributed by atoms with Gasteiger partial charge >= 0.3 is 5.97 Å². The van der Waals surface area contributed by atoms with Crippen LogP contribution in [0.4, 0.5) is 0 Å². The number of likely N-dealkylation sites (N-methyl/N-ethyl adjacent to an activating group) is 1. The highest BCUT2D eigenvalue weighted by Gasteiger charge is 2.32. The molecule has 106 valence electrons. The number of hydrogen-bond donors (Lipinski definition) is 2. The largest absolute Gasteiger partial charge is 0.478 e. The number of amides is 2. The summed E-state index contributed by atoms with van der Waals surface area (Å²) in [4.78, 5) is 36.3. The number of nitrogens with one attached hydrogen (secondary N) is 1. The molecule has 1 aromatic rings. The number of piperazine rings is 1. The zero-order chi connectivity index (χ0) is 14.7. The van der Waals surface area contributed by atoms with Gasteiger partial charge in [0.2, 0.25) is 11.8 Å². The molecule has 6 nitrogen and oxygen atoms in total. The zero-order valence-corrected chi connectivity index (χ0v) is 11.1. The van der Waals surface area contributed by atoms with E-state index in [1.807, 2.05) is 0 Å². The summed E-state index contributed by atoms with van der Waals surface area (Å²) in [6.45, 7) is 2.33. The van der Waals surface area contributed by atoms with Crippen molar-refractivity contribution in [1.29, 1.82) is 0 Å². The maximum atomic E-state index is 12.2. The molecule has 1 heterocycles. The van der Waals surface area contributed by atoms with Gasteiger partial charge in [0.1, 0.15) is 6.04 Å². The van der Waals surface area contributed by atoms with E-state index in [4.69, 9.17) is 5.11 Å². The summed E-state index contributed by atoms with van der Waals surface area (Å²) in [7, 11) is 0. The lowest BCUT2D eigenvalue weighted by atomic mass is 9.98. The van der Waals surface area contributed by atoms with Crippen molar-refractivity contribution in [2.45, 2.75) is 19.4 Å². The van der Waals surface area contributed by atoms with Gasteiger partial charge in [0, 0.05) is 13.0 Å². The van der Waals surface area contributed by atoms with Crippen molar-refractivity contribution in [2.75, 3.05) is 13.1 Å². The number of aromatic carboxylic acids is 1. The third-order valence-corrected chi connectivity index (χ3v) is 3.33. The highest BCUT2D eigenvalue weighted by atomic mass is 16.4. The Morgan fingerprint density at radius 3 is 2.75 bits per heavy atom. The molecule has 1 aliphatic heterocycles. The first kappa shape index (κ1) is 14.0. The van der Waals surface area contributed by atoms with E-state index >= 15 is 0 Å². The van der Waals surface area contributed by atoms with Crippen LogP contribution in [0.15, 0.2) is 24.3 Å². The zero-order valence-electron chi connectivity index (χ0n) is 11.1. The fourth-order valence-electron chi connectivity index (χ4n) is 2.31. The SMILES string of the molecule is CCN1CC(=O)N[C@@H](Cc2ccccc2C(=O)O)C1=O. The summed E-state index contributed by atoms with van der Waals surface area (Å²) in [5.74, 6) is -1.43. The minimum atomic E-state index is -1.04. The molecule has 2 rings (SSSR count). The van der Waals surface area contributed by atoms with E-state index in [-0.39, 0.29) is 30.3 Å². The van der Waals surface area contributed by atoms with Crippen LogP contribution in [0.3, 0.4) is 0 Å². The fraction of sp³-hybridized carbons (Fsp3) is 0.357. The topological polar surface area (TPSA) is 86.7 Å². The Bertz CT molecular complexity index is 556. The molecule has 1 aromatic carbocycles. The van der Waals surface area contributed by atoms with Crippen LogP contribution in [0.5, 0.6) is 0 Å². The minimum absolute atomic E-state index is 0.0619. The van der Waals surface area contributed by atoms with Gasteiger partial charge in [-0.1, -0.05) is 18.2 Å². The molecule has 0 aromatic heterocycles. The first-order valence-electron chi connectivity index (χ1n) is 6.42. The molecular weight excluding hydrogens is 260 g/mol. The van der Waals surface area contributed by atoms with Crippen LogP contribution in [-0.2, 0) is 16.0 Å². The van der Waals surface area contributed by atoms with Crippen LogP contribution in [0, 0.1) is 0 Å². The van der Waals surface area contributed by atoms with Crippen molar-refractivity contribution < 1.29 is 19.5 Å². The fourth-order valence-corrected chi connectivity index (χ4v) is 2.31. The molecule has 6 heteroatoms. The molecule has 2 amide bonds. The number of carbonyl (C=O) groups is 3. The van der Waals surface area contributed by atoms with E-state index in [1.165, 1.54) is 11.0 Å². The predicted octanol–water partition coefficient (Wildman–Crippen LogP) is 0.274. The van der Waals surface area contributed by atoms with E-state index < -0.39 is 12.0 Å². The van der Waals surface area contributed by atoms with Gasteiger partial charge in [-0.05, 0) is 18.6 Å². The number of carbonyl (C=O) groups excluding carboxylic acids is 2. The second-order valence-corrected chi connectivity index (χ2v) is 4.64. The molecular formula is C14H16N2O4. The number of carboxylic acid groups (broad SMARTS) is 1. The normalized spacial score (nSPS) is 18.9. The standard InChI is InChI=1S/C14H16N2O4/c1-2-16-8-12(17)15-11(13(16)18)7-9-5-3-4-6-10(9)14(19)20/h3-6,11H,2,7-8H2,1H3,(H,15,17)(H,19,20)/t11-/m0/s1. The van der Waals surface area contributed by atoms with Gasteiger partial charge in [-0.25, -0.2) is 4.79 Å². The van der Waals surface area contributed by atoms with E-state index in [9.17, 15) is 14.4 Å². The molecule has 0 aliphatic carbocycles. The molecule has 1 fully saturated rings. The van der Waals surface area contributed by atoms with Crippen molar-refractivity contribution in [2.24, 2.45) is 0 Å². The van der Waals surface area contributed by atoms with Crippen LogP contribution in [-0.4, -0.2) is 46.9 Å². The smallest absolute Gasteiger partial charge is 0.335 e. The number of rotatable bonds is 4. The molecule has 1 atom stereocenters. The van der Waals surface area contributed by atoms with E-state index in [0.717, 1.165) is 0 Å². The Morgan fingerprint density at radius 2 is 2.10 bits per heavy atom. The van der Waals surface area contributed by atoms with Crippen molar-refractivity contribution in [1.82, 2.24) is 10.2 Å². The number of nitrogens with zero attached hydrogens (tertiary/aromatic N) is 1. The molecule has 1 aliphatic rings. The number of carboxylic acids is 1. The average molecular weight is 276 g/mol. The Hall–Kier alpha value is -2.37. The molecule has 0 radical (unpaired) electrons. The van der Waals surface area contributed by atoms with E-state index in [0.29, 0.717) is 12.1 Å². The van der Waals surface area contributed by atoms with Crippen molar-refractivity contribution in [3.63, 3.8) is 0 Å². The van der Waals surface area contributed by atoms with Crippen LogP contribution in [0.25, 0.3) is 0 Å². The van der Waals surface area contributed by atoms with Gasteiger partial charge in [0.25, 0.3) is 0 Å². The summed E-state index contributed by atoms with van der Waals surface area (Å²) in [5.41, 5.74) is 0.694. The quantitative estimate of drug-likeness (QED) is 0.826. The van der Waals surface area contributed by atoms with Crippen molar-refractivity contribution >= 4 is 17.8 Å². The maximum absolute atomic E-state index is 12.2. The molecule has 0 bridgehead atoms. The molecule has 2 N–H and O–H groups in total. The van der Waals surface area contributed by atoms with Crippen molar-refractivity contribution in [3.8, 4) is 0 Å². The molecule has 0 spiro atoms. The second kappa shape index (κ2) is 5.73. The Labute approximate surface area is 116 Å². The monoisotopic (exact) mass is 276 g/mol. The third-order valence-electron chi connectivity index (χ3n) is 3.33. The van der Waals surface area contributed by atoms with Crippen LogP contribution in [0.2, 0.25) is 0 Å². The molecule has 0 saturated carbocycles. The van der Waals surface area contributed by atoms with Gasteiger partial charge in [-0.2, -0.15) is 0 Å². The average Bonchev–Trinajstić information content (AvgIpc) is 2.42. The summed E-state index contributed by atoms with van der Waals surface area (Å²) in [5, 5.41) is 11.8. The summed E-state index contributed by atoms with van der Waals surface area (Å²) in [6.07, 6.45) is 0.184. The molecule has 20 heavy (non-hydrogen) atoms. The summed E-state index contributed by atoms with van der Waals surface area (Å²) in [6, 6.07) is 5.80. The Morgan fingerprint density at radius 1 is 1.40 bits per heavy atom. The lowest BCUT2D eigenvalue weighted by Gasteiger charge is -2.32. The maximum Gasteiger partial charge on any atom is 0.335 e. The molecule has 0 unspecified atom stereocenters. The van der Waals surface area contributed by atoms with Crippen molar-refractivity contribution in [3.05, 3.63) is 35.4 Å². The summed E-state index contributed by atoms with van der Waals surface area (Å²) >= 11 is 0. The minimum Gasteiger partial charge on any atom is -0.478 e. The van der Waals surface area contributed by atoms with Gasteiger partial charge in [-0.15, -0.1) is 0 Å². The van der Waals surface area contributed by atoms with Gasteiger partial charge < -0.3 is 15.3 Å². The first-order chi connectivity index (χ1) is 9.52. The first-order valence-corrected chi connectivity index (χ1v) is 6.42. The number of benzene rings is 1. The second-order valence-electron chi connectivity index (χ2n) is 4.64. The predicted molar refractivity (Wildman–Crippen MR) is 71.3 cm³/mol. The number of hydrogen-bond acceptors (Lipinski definition) is 3.